The second kappa shape index (κ2) is 11.3. The second-order valence-electron chi connectivity index (χ2n) is 11.4. The normalized spacial score (nSPS) is 16.9. The van der Waals surface area contributed by atoms with E-state index in [0.717, 1.165) is 66.6 Å². The van der Waals surface area contributed by atoms with Gasteiger partial charge in [-0.3, -0.25) is 9.59 Å². The third-order valence-corrected chi connectivity index (χ3v) is 11.5. The Balaban J connectivity index is 1.69. The summed E-state index contributed by atoms with van der Waals surface area (Å²) in [6.07, 6.45) is 14.0. The fraction of sp³-hybridized carbons (Fsp3) is 0.412. The van der Waals surface area contributed by atoms with E-state index >= 15 is 0 Å². The van der Waals surface area contributed by atoms with Crippen molar-refractivity contribution in [3.05, 3.63) is 64.7 Å². The SMILES string of the molecule is CC(=O)Nc1ccc2c(c1-c1c3c(cc(-c4ccccc4P4CCCC4)c1NC(C)=O)CCCC3)CCCC2. The quantitative estimate of drug-likeness (QED) is 0.329. The van der Waals surface area contributed by atoms with Crippen LogP contribution in [0.25, 0.3) is 22.3 Å². The number of hydrogen-bond acceptors (Lipinski definition) is 2. The summed E-state index contributed by atoms with van der Waals surface area (Å²) in [5.41, 5.74) is 12.0. The Morgan fingerprint density at radius 1 is 0.667 bits per heavy atom. The topological polar surface area (TPSA) is 58.2 Å². The van der Waals surface area contributed by atoms with Crippen LogP contribution in [-0.2, 0) is 35.3 Å². The van der Waals surface area contributed by atoms with E-state index in [4.69, 9.17) is 0 Å². The van der Waals surface area contributed by atoms with Gasteiger partial charge in [0.05, 0.1) is 5.69 Å². The summed E-state index contributed by atoms with van der Waals surface area (Å²) in [4.78, 5) is 25.3. The zero-order valence-corrected chi connectivity index (χ0v) is 24.2. The fourth-order valence-corrected chi connectivity index (χ4v) is 9.79. The van der Waals surface area contributed by atoms with Gasteiger partial charge in [0.25, 0.3) is 0 Å². The fourth-order valence-electron chi connectivity index (χ4n) is 7.04. The highest BCUT2D eigenvalue weighted by Crippen LogP contribution is 2.51. The molecule has 0 unspecified atom stereocenters. The Morgan fingerprint density at radius 3 is 2.03 bits per heavy atom. The van der Waals surface area contributed by atoms with Crippen LogP contribution in [0.2, 0.25) is 0 Å². The molecule has 2 amide bonds. The minimum Gasteiger partial charge on any atom is -0.326 e. The number of anilines is 2. The Bertz CT molecular complexity index is 1440. The number of aryl methyl sites for hydroxylation is 2. The van der Waals surface area contributed by atoms with E-state index in [1.54, 1.807) is 13.8 Å². The summed E-state index contributed by atoms with van der Waals surface area (Å²) in [5, 5.41) is 7.99. The van der Waals surface area contributed by atoms with Crippen LogP contribution in [0.4, 0.5) is 11.4 Å². The number of nitrogens with one attached hydrogen (secondary N) is 2. The number of rotatable bonds is 5. The van der Waals surface area contributed by atoms with Crippen LogP contribution in [0.5, 0.6) is 0 Å². The van der Waals surface area contributed by atoms with Gasteiger partial charge in [-0.2, -0.15) is 0 Å². The number of hydrogen-bond donors (Lipinski definition) is 2. The van der Waals surface area contributed by atoms with E-state index < -0.39 is 0 Å². The predicted octanol–water partition coefficient (Wildman–Crippen LogP) is 7.60. The Morgan fingerprint density at radius 2 is 1.31 bits per heavy atom. The van der Waals surface area contributed by atoms with Crippen molar-refractivity contribution in [1.82, 2.24) is 0 Å². The molecule has 3 aromatic rings. The van der Waals surface area contributed by atoms with E-state index in [1.165, 1.54) is 71.1 Å². The summed E-state index contributed by atoms with van der Waals surface area (Å²) in [6, 6.07) is 15.6. The van der Waals surface area contributed by atoms with Crippen LogP contribution in [-0.4, -0.2) is 24.1 Å². The van der Waals surface area contributed by atoms with E-state index in [-0.39, 0.29) is 19.7 Å². The molecular weight excluding hydrogens is 499 g/mol. The van der Waals surface area contributed by atoms with Crippen molar-refractivity contribution < 1.29 is 9.59 Å². The lowest BCUT2D eigenvalue weighted by Crippen LogP contribution is -2.17. The van der Waals surface area contributed by atoms with Gasteiger partial charge in [0.15, 0.2) is 0 Å². The molecule has 3 aliphatic rings. The first-order valence-corrected chi connectivity index (χ1v) is 16.5. The van der Waals surface area contributed by atoms with Crippen LogP contribution in [0, 0.1) is 0 Å². The summed E-state index contributed by atoms with van der Waals surface area (Å²) >= 11 is 0. The van der Waals surface area contributed by atoms with Gasteiger partial charge in [-0.1, -0.05) is 38.3 Å². The number of amides is 2. The van der Waals surface area contributed by atoms with E-state index in [2.05, 4.69) is 53.1 Å². The van der Waals surface area contributed by atoms with Crippen LogP contribution in [0.15, 0.2) is 42.5 Å². The maximum absolute atomic E-state index is 12.9. The van der Waals surface area contributed by atoms with Gasteiger partial charge in [-0.05, 0) is 122 Å². The maximum atomic E-state index is 12.9. The molecule has 2 N–H and O–H groups in total. The lowest BCUT2D eigenvalue weighted by atomic mass is 9.77. The van der Waals surface area contributed by atoms with Gasteiger partial charge in [0.1, 0.15) is 0 Å². The molecular formula is C34H39N2O2P. The third-order valence-electron chi connectivity index (χ3n) is 8.69. The first-order chi connectivity index (χ1) is 19.0. The van der Waals surface area contributed by atoms with E-state index in [0.29, 0.717) is 0 Å². The summed E-state index contributed by atoms with van der Waals surface area (Å²) in [7, 11) is -0.188. The van der Waals surface area contributed by atoms with Gasteiger partial charge in [-0.15, -0.1) is 0 Å². The molecule has 1 heterocycles. The molecule has 1 fully saturated rings. The molecule has 202 valence electrons. The molecule has 0 radical (unpaired) electrons. The standard InChI is InChI=1S/C34H39N2O2P/c1-22(37)35-30-18-17-24-11-3-5-13-26(24)32(30)33-27-14-6-4-12-25(27)21-29(34(33)36-23(2)38)28-15-7-8-16-31(28)39-19-9-10-20-39/h7-8,15-18,21H,3-6,9-14,19-20H2,1-2H3,(H,35,37)(H,36,38). The molecule has 5 heteroatoms. The molecule has 0 bridgehead atoms. The minimum absolute atomic E-state index is 0.0526. The molecule has 4 nitrogen and oxygen atoms in total. The van der Waals surface area contributed by atoms with Crippen molar-refractivity contribution in [3.8, 4) is 22.3 Å². The van der Waals surface area contributed by atoms with Crippen molar-refractivity contribution in [2.45, 2.75) is 78.1 Å². The minimum atomic E-state index is -0.188. The second-order valence-corrected chi connectivity index (χ2v) is 13.9. The van der Waals surface area contributed by atoms with Crippen molar-refractivity contribution in [2.75, 3.05) is 23.0 Å². The van der Waals surface area contributed by atoms with Crippen molar-refractivity contribution in [2.24, 2.45) is 0 Å². The lowest BCUT2D eigenvalue weighted by Gasteiger charge is -2.30. The molecule has 39 heavy (non-hydrogen) atoms. The molecule has 0 saturated carbocycles. The monoisotopic (exact) mass is 538 g/mol. The third kappa shape index (κ3) is 5.16. The summed E-state index contributed by atoms with van der Waals surface area (Å²) in [5.74, 6) is -0.115. The summed E-state index contributed by atoms with van der Waals surface area (Å²) < 4.78 is 0. The first-order valence-electron chi connectivity index (χ1n) is 14.7. The van der Waals surface area contributed by atoms with E-state index in [9.17, 15) is 9.59 Å². The van der Waals surface area contributed by atoms with Crippen LogP contribution in [0.1, 0.15) is 74.6 Å². The Kier molecular flexibility index (Phi) is 7.58. The lowest BCUT2D eigenvalue weighted by molar-refractivity contribution is -0.115. The van der Waals surface area contributed by atoms with E-state index in [1.807, 2.05) is 0 Å². The largest absolute Gasteiger partial charge is 0.326 e. The highest BCUT2D eigenvalue weighted by Gasteiger charge is 2.29. The van der Waals surface area contributed by atoms with Gasteiger partial charge in [0, 0.05) is 36.2 Å². The number of carbonyl (C=O) groups excluding carboxylic acids is 2. The predicted molar refractivity (Wildman–Crippen MR) is 165 cm³/mol. The zero-order valence-electron chi connectivity index (χ0n) is 23.3. The number of benzene rings is 3. The molecule has 0 atom stereocenters. The molecule has 2 aliphatic carbocycles. The van der Waals surface area contributed by atoms with Crippen LogP contribution >= 0.6 is 7.92 Å². The van der Waals surface area contributed by atoms with Crippen LogP contribution in [0.3, 0.4) is 0 Å². The Labute approximate surface area is 233 Å². The van der Waals surface area contributed by atoms with Gasteiger partial charge < -0.3 is 10.6 Å². The molecule has 0 aromatic heterocycles. The van der Waals surface area contributed by atoms with Crippen LogP contribution < -0.4 is 15.9 Å². The molecule has 6 rings (SSSR count). The molecule has 3 aromatic carbocycles. The number of carbonyl (C=O) groups is 2. The van der Waals surface area contributed by atoms with Gasteiger partial charge in [-0.25, -0.2) is 0 Å². The zero-order chi connectivity index (χ0) is 26.9. The van der Waals surface area contributed by atoms with Crippen molar-refractivity contribution in [3.63, 3.8) is 0 Å². The van der Waals surface area contributed by atoms with Gasteiger partial charge in [0.2, 0.25) is 11.8 Å². The average molecular weight is 539 g/mol. The molecule has 1 saturated heterocycles. The molecule has 0 spiro atoms. The first kappa shape index (κ1) is 26.3. The average Bonchev–Trinajstić information content (AvgIpc) is 3.48. The number of fused-ring (bicyclic) bond motifs is 2. The highest BCUT2D eigenvalue weighted by atomic mass is 31.1. The summed E-state index contributed by atoms with van der Waals surface area (Å²) in [6.45, 7) is 3.21. The maximum Gasteiger partial charge on any atom is 0.221 e. The highest BCUT2D eigenvalue weighted by molar-refractivity contribution is 7.66. The smallest absolute Gasteiger partial charge is 0.221 e. The molecule has 1 aliphatic heterocycles. The van der Waals surface area contributed by atoms with Crippen molar-refractivity contribution >= 4 is 36.4 Å². The Hall–Kier alpha value is -2.97. The van der Waals surface area contributed by atoms with Gasteiger partial charge >= 0.3 is 0 Å². The van der Waals surface area contributed by atoms with Crippen molar-refractivity contribution in [1.29, 1.82) is 0 Å².